The molecule has 0 spiro atoms. The first-order valence-electron chi connectivity index (χ1n) is 8.73. The van der Waals surface area contributed by atoms with Crippen LogP contribution in [0.1, 0.15) is 78.6 Å². The van der Waals surface area contributed by atoms with Gasteiger partial charge in [0.05, 0.1) is 0 Å². The van der Waals surface area contributed by atoms with Gasteiger partial charge >= 0.3 is 0 Å². The van der Waals surface area contributed by atoms with E-state index in [4.69, 9.17) is 0 Å². The van der Waals surface area contributed by atoms with E-state index in [0.29, 0.717) is 5.41 Å². The van der Waals surface area contributed by atoms with Gasteiger partial charge in [-0.3, -0.25) is 0 Å². The van der Waals surface area contributed by atoms with E-state index in [-0.39, 0.29) is 0 Å². The van der Waals surface area contributed by atoms with Crippen LogP contribution in [0.3, 0.4) is 0 Å². The van der Waals surface area contributed by atoms with Crippen molar-refractivity contribution in [3.8, 4) is 0 Å². The van der Waals surface area contributed by atoms with Crippen LogP contribution >= 0.6 is 0 Å². The van der Waals surface area contributed by atoms with Crippen LogP contribution in [0.25, 0.3) is 0 Å². The fourth-order valence-electron chi connectivity index (χ4n) is 4.67. The van der Waals surface area contributed by atoms with Crippen molar-refractivity contribution in [2.75, 3.05) is 7.05 Å². The summed E-state index contributed by atoms with van der Waals surface area (Å²) in [7, 11) is 2.21. The van der Waals surface area contributed by atoms with E-state index in [1.807, 2.05) is 0 Å². The molecule has 2 aliphatic carbocycles. The largest absolute Gasteiger partial charge is 0.316 e. The predicted molar refractivity (Wildman–Crippen MR) is 84.3 cm³/mol. The average molecular weight is 265 g/mol. The zero-order valence-electron chi connectivity index (χ0n) is 13.7. The lowest BCUT2D eigenvalue weighted by Crippen LogP contribution is -2.44. The predicted octanol–water partition coefficient (Wildman–Crippen LogP) is 5.01. The fourth-order valence-corrected chi connectivity index (χ4v) is 4.67. The fraction of sp³-hybridized carbons (Fsp3) is 1.00. The van der Waals surface area contributed by atoms with E-state index < -0.39 is 0 Å². The molecule has 19 heavy (non-hydrogen) atoms. The van der Waals surface area contributed by atoms with Crippen molar-refractivity contribution in [1.29, 1.82) is 0 Å². The molecule has 0 aromatic carbocycles. The van der Waals surface area contributed by atoms with Crippen LogP contribution < -0.4 is 5.32 Å². The summed E-state index contributed by atoms with van der Waals surface area (Å²) in [6.45, 7) is 7.28. The molecule has 0 aromatic heterocycles. The Morgan fingerprint density at radius 2 is 1.74 bits per heavy atom. The Balaban J connectivity index is 1.92. The molecular formula is C18H35N. The Bertz CT molecular complexity index is 261. The maximum absolute atomic E-state index is 3.71. The van der Waals surface area contributed by atoms with Crippen molar-refractivity contribution in [1.82, 2.24) is 5.32 Å². The molecule has 0 saturated heterocycles. The van der Waals surface area contributed by atoms with E-state index >= 15 is 0 Å². The number of hydrogen-bond acceptors (Lipinski definition) is 1. The highest BCUT2D eigenvalue weighted by Gasteiger charge is 2.35. The number of rotatable bonds is 4. The Labute approximate surface area is 120 Å². The summed E-state index contributed by atoms with van der Waals surface area (Å²) in [5.74, 6) is 2.91. The quantitative estimate of drug-likeness (QED) is 0.753. The average Bonchev–Trinajstić information content (AvgIpc) is 2.41. The molecule has 2 saturated carbocycles. The van der Waals surface area contributed by atoms with Gasteiger partial charge in [-0.1, -0.05) is 40.0 Å². The lowest BCUT2D eigenvalue weighted by atomic mass is 9.66. The minimum absolute atomic E-state index is 0.604. The van der Waals surface area contributed by atoms with Crippen molar-refractivity contribution in [3.63, 3.8) is 0 Å². The van der Waals surface area contributed by atoms with Gasteiger partial charge in [0.25, 0.3) is 0 Å². The van der Waals surface area contributed by atoms with Crippen LogP contribution in [0, 0.1) is 23.2 Å². The van der Waals surface area contributed by atoms with Crippen molar-refractivity contribution in [3.05, 3.63) is 0 Å². The summed E-state index contributed by atoms with van der Waals surface area (Å²) in [6, 6.07) is 0.797. The Kier molecular flexibility index (Phi) is 5.34. The third kappa shape index (κ3) is 3.97. The first-order valence-corrected chi connectivity index (χ1v) is 8.73. The number of hydrogen-bond donors (Lipinski definition) is 1. The van der Waals surface area contributed by atoms with Gasteiger partial charge in [-0.15, -0.1) is 0 Å². The van der Waals surface area contributed by atoms with Gasteiger partial charge in [-0.2, -0.15) is 0 Å². The molecule has 0 aliphatic heterocycles. The Morgan fingerprint density at radius 1 is 1.05 bits per heavy atom. The second-order valence-electron chi connectivity index (χ2n) is 8.02. The summed E-state index contributed by atoms with van der Waals surface area (Å²) < 4.78 is 0. The summed E-state index contributed by atoms with van der Waals surface area (Å²) in [4.78, 5) is 0. The molecule has 2 aliphatic rings. The standard InChI is InChI=1S/C18H35N/c1-5-14-7-6-8-16(13-14)17(19-4)15-9-11-18(2,3)12-10-15/h14-17,19H,5-13H2,1-4H3. The van der Waals surface area contributed by atoms with Crippen LogP contribution in [0.4, 0.5) is 0 Å². The van der Waals surface area contributed by atoms with Crippen molar-refractivity contribution in [2.24, 2.45) is 23.2 Å². The molecule has 0 aromatic rings. The van der Waals surface area contributed by atoms with Crippen LogP contribution in [0.2, 0.25) is 0 Å². The summed E-state index contributed by atoms with van der Waals surface area (Å²) in [5.41, 5.74) is 0.604. The first kappa shape index (κ1) is 15.4. The zero-order chi connectivity index (χ0) is 13.9. The maximum Gasteiger partial charge on any atom is 0.0121 e. The van der Waals surface area contributed by atoms with E-state index in [2.05, 4.69) is 33.1 Å². The van der Waals surface area contributed by atoms with Crippen LogP contribution in [0.15, 0.2) is 0 Å². The Hall–Kier alpha value is -0.0400. The maximum atomic E-state index is 3.71. The lowest BCUT2D eigenvalue weighted by Gasteiger charge is -2.43. The molecule has 0 bridgehead atoms. The van der Waals surface area contributed by atoms with Crippen LogP contribution in [-0.2, 0) is 0 Å². The highest BCUT2D eigenvalue weighted by molar-refractivity contribution is 4.90. The summed E-state index contributed by atoms with van der Waals surface area (Å²) >= 11 is 0. The third-order valence-corrected chi connectivity index (χ3v) is 6.13. The molecule has 2 rings (SSSR count). The van der Waals surface area contributed by atoms with Crippen molar-refractivity contribution in [2.45, 2.75) is 84.6 Å². The monoisotopic (exact) mass is 265 g/mol. The molecule has 112 valence electrons. The van der Waals surface area contributed by atoms with Gasteiger partial charge in [-0.05, 0) is 68.7 Å². The molecular weight excluding hydrogens is 230 g/mol. The summed E-state index contributed by atoms with van der Waals surface area (Å²) in [5, 5.41) is 3.71. The molecule has 0 heterocycles. The van der Waals surface area contributed by atoms with Gasteiger partial charge in [0.15, 0.2) is 0 Å². The van der Waals surface area contributed by atoms with Crippen molar-refractivity contribution >= 4 is 0 Å². The smallest absolute Gasteiger partial charge is 0.0121 e. The van der Waals surface area contributed by atoms with Crippen LogP contribution in [0.5, 0.6) is 0 Å². The molecule has 0 amide bonds. The van der Waals surface area contributed by atoms with E-state index in [1.54, 1.807) is 0 Å². The minimum atomic E-state index is 0.604. The number of nitrogens with one attached hydrogen (secondary N) is 1. The van der Waals surface area contributed by atoms with Crippen LogP contribution in [-0.4, -0.2) is 13.1 Å². The van der Waals surface area contributed by atoms with Gasteiger partial charge in [0.2, 0.25) is 0 Å². The SMILES string of the molecule is CCC1CCCC(C(NC)C2CCC(C)(C)CC2)C1. The van der Waals surface area contributed by atoms with Gasteiger partial charge in [0, 0.05) is 6.04 Å². The highest BCUT2D eigenvalue weighted by Crippen LogP contribution is 2.43. The van der Waals surface area contributed by atoms with E-state index in [0.717, 1.165) is 23.8 Å². The van der Waals surface area contributed by atoms with Crippen molar-refractivity contribution < 1.29 is 0 Å². The topological polar surface area (TPSA) is 12.0 Å². The van der Waals surface area contributed by atoms with E-state index in [9.17, 15) is 0 Å². The highest BCUT2D eigenvalue weighted by atomic mass is 14.9. The molecule has 1 N–H and O–H groups in total. The molecule has 2 fully saturated rings. The zero-order valence-corrected chi connectivity index (χ0v) is 13.7. The minimum Gasteiger partial charge on any atom is -0.316 e. The molecule has 1 heteroatoms. The second kappa shape index (κ2) is 6.61. The molecule has 3 unspecified atom stereocenters. The second-order valence-corrected chi connectivity index (χ2v) is 8.02. The lowest BCUT2D eigenvalue weighted by molar-refractivity contribution is 0.112. The third-order valence-electron chi connectivity index (χ3n) is 6.13. The van der Waals surface area contributed by atoms with E-state index in [1.165, 1.54) is 57.8 Å². The summed E-state index contributed by atoms with van der Waals surface area (Å²) in [6.07, 6.45) is 13.1. The van der Waals surface area contributed by atoms with Gasteiger partial charge < -0.3 is 5.32 Å². The molecule has 1 nitrogen and oxygen atoms in total. The first-order chi connectivity index (χ1) is 9.05. The van der Waals surface area contributed by atoms with Gasteiger partial charge in [-0.25, -0.2) is 0 Å². The normalized spacial score (nSPS) is 34.1. The molecule has 3 atom stereocenters. The van der Waals surface area contributed by atoms with Gasteiger partial charge in [0.1, 0.15) is 0 Å². The Morgan fingerprint density at radius 3 is 2.32 bits per heavy atom. The molecule has 0 radical (unpaired) electrons.